The molecule has 0 aliphatic carbocycles. The zero-order valence-corrected chi connectivity index (χ0v) is 6.93. The van der Waals surface area contributed by atoms with Crippen LogP contribution in [0.3, 0.4) is 0 Å². The van der Waals surface area contributed by atoms with Gasteiger partial charge in [-0.05, 0) is 0 Å². The summed E-state index contributed by atoms with van der Waals surface area (Å²) in [5.74, 6) is 0. The third kappa shape index (κ3) is 65.7. The van der Waals surface area contributed by atoms with Crippen molar-refractivity contribution in [1.82, 2.24) is 0 Å². The molecule has 4 heteroatoms. The molecule has 0 aromatic rings. The van der Waals surface area contributed by atoms with Crippen LogP contribution >= 0.6 is 0 Å². The van der Waals surface area contributed by atoms with Crippen molar-refractivity contribution in [2.75, 3.05) is 7.11 Å². The molecule has 39 valence electrons. The molecule has 0 atom stereocenters. The van der Waals surface area contributed by atoms with Gasteiger partial charge in [0, 0.05) is 39.8 Å². The summed E-state index contributed by atoms with van der Waals surface area (Å²) in [6, 6.07) is 0. The maximum atomic E-state index is 7.34. The van der Waals surface area contributed by atoms with Gasteiger partial charge in [0.1, 0.15) is 0 Å². The molecule has 0 bridgehead atoms. The average molecular weight is 177 g/mol. The summed E-state index contributed by atoms with van der Waals surface area (Å²) in [5.41, 5.74) is 0. The average Bonchev–Trinajstić information content (AvgIpc) is 1.72. The maximum Gasteiger partial charge on any atom is 0.251 e. The second kappa shape index (κ2) is 32.9. The summed E-state index contributed by atoms with van der Waals surface area (Å²) in [5, 5.41) is 14.3. The van der Waals surface area contributed by atoms with Gasteiger partial charge < -0.3 is 9.84 Å². The van der Waals surface area contributed by atoms with Crippen LogP contribution in [0.25, 0.3) is 0 Å². The van der Waals surface area contributed by atoms with Gasteiger partial charge in [-0.15, -0.1) is 0 Å². The first kappa shape index (κ1) is 15.7. The largest absolute Gasteiger partial charge is 0.602 e. The first-order chi connectivity index (χ1) is 2.91. The van der Waals surface area contributed by atoms with Gasteiger partial charge >= 0.3 is 0 Å². The number of hydrogen-bond acceptors (Lipinski definition) is 3. The molecule has 0 rings (SSSR count). The van der Waals surface area contributed by atoms with E-state index in [0.717, 1.165) is 7.11 Å². The SMILES string of the molecule is CO.[CH2-]OC#N.[Y]. The first-order valence-electron chi connectivity index (χ1n) is 1.16. The topological polar surface area (TPSA) is 53.2 Å². The van der Waals surface area contributed by atoms with Gasteiger partial charge in [-0.25, -0.2) is 0 Å². The monoisotopic (exact) mass is 177 g/mol. The standard InChI is InChI=1S/C2H2NO.CH4O.Y/c1-4-2-3;1-2;/h1H2;2H,1H3;/q-1;;. The van der Waals surface area contributed by atoms with Crippen LogP contribution < -0.4 is 0 Å². The second-order valence-electron chi connectivity index (χ2n) is 0.236. The van der Waals surface area contributed by atoms with E-state index in [-0.39, 0.29) is 32.7 Å². The predicted octanol–water partition coefficient (Wildman–Crippen LogP) is -0.118. The molecule has 0 spiro atoms. The summed E-state index contributed by atoms with van der Waals surface area (Å²) >= 11 is 0. The van der Waals surface area contributed by atoms with Crippen molar-refractivity contribution in [1.29, 1.82) is 5.26 Å². The Labute approximate surface area is 68.2 Å². The minimum Gasteiger partial charge on any atom is -0.602 e. The third-order valence-electron chi connectivity index (χ3n) is 0.0645. The van der Waals surface area contributed by atoms with E-state index in [0.29, 0.717) is 0 Å². The zero-order chi connectivity index (χ0) is 5.41. The van der Waals surface area contributed by atoms with Gasteiger partial charge in [0.2, 0.25) is 0 Å². The zero-order valence-electron chi connectivity index (χ0n) is 4.09. The van der Waals surface area contributed by atoms with E-state index in [4.69, 9.17) is 10.4 Å². The summed E-state index contributed by atoms with van der Waals surface area (Å²) in [6.07, 6.45) is 1.32. The number of nitriles is 1. The van der Waals surface area contributed by atoms with Gasteiger partial charge in [0.15, 0.2) is 0 Å². The van der Waals surface area contributed by atoms with Crippen LogP contribution in [0.4, 0.5) is 0 Å². The normalized spacial score (nSPS) is 3.14. The van der Waals surface area contributed by atoms with Crippen molar-refractivity contribution in [3.8, 4) is 6.26 Å². The van der Waals surface area contributed by atoms with Crippen molar-refractivity contribution < 1.29 is 42.6 Å². The molecule has 7 heavy (non-hydrogen) atoms. The van der Waals surface area contributed by atoms with Crippen molar-refractivity contribution in [3.63, 3.8) is 0 Å². The Morgan fingerprint density at radius 3 is 1.86 bits per heavy atom. The molecular formula is C3H6NO2Y-. The molecular weight excluding hydrogens is 171 g/mol. The molecule has 3 nitrogen and oxygen atoms in total. The fourth-order valence-corrected chi connectivity index (χ4v) is 0. The molecule has 0 unspecified atom stereocenters. The number of aliphatic hydroxyl groups excluding tert-OH is 1. The minimum absolute atomic E-state index is 0. The summed E-state index contributed by atoms with van der Waals surface area (Å²) < 4.78 is 3.60. The molecule has 0 aromatic carbocycles. The van der Waals surface area contributed by atoms with Crippen molar-refractivity contribution in [3.05, 3.63) is 7.11 Å². The van der Waals surface area contributed by atoms with Gasteiger partial charge in [0.25, 0.3) is 6.26 Å². The second-order valence-corrected chi connectivity index (χ2v) is 0.236. The minimum atomic E-state index is 0. The number of hydrogen-bond donors (Lipinski definition) is 1. The smallest absolute Gasteiger partial charge is 0.251 e. The van der Waals surface area contributed by atoms with Gasteiger partial charge in [-0.2, -0.15) is 12.4 Å². The fourth-order valence-electron chi connectivity index (χ4n) is 0. The van der Waals surface area contributed by atoms with Crippen LogP contribution in [0, 0.1) is 18.6 Å². The van der Waals surface area contributed by atoms with E-state index in [2.05, 4.69) is 11.8 Å². The first-order valence-corrected chi connectivity index (χ1v) is 1.16. The number of aliphatic hydroxyl groups is 1. The Bertz CT molecular complexity index is 42.7. The van der Waals surface area contributed by atoms with E-state index in [1.807, 2.05) is 0 Å². The Morgan fingerprint density at radius 2 is 1.86 bits per heavy atom. The number of nitrogens with zero attached hydrogens (tertiary/aromatic N) is 1. The molecule has 0 saturated carbocycles. The Kier molecular flexibility index (Phi) is 73.5. The Balaban J connectivity index is -0.0000000480. The Hall–Kier alpha value is 0.354. The van der Waals surface area contributed by atoms with Crippen molar-refractivity contribution in [2.24, 2.45) is 0 Å². The van der Waals surface area contributed by atoms with Gasteiger partial charge in [-0.1, -0.05) is 0 Å². The van der Waals surface area contributed by atoms with Crippen LogP contribution in [-0.4, -0.2) is 12.2 Å². The summed E-state index contributed by atoms with van der Waals surface area (Å²) in [4.78, 5) is 0. The van der Waals surface area contributed by atoms with Gasteiger partial charge in [0.05, 0.1) is 0 Å². The van der Waals surface area contributed by atoms with E-state index in [1.54, 1.807) is 0 Å². The van der Waals surface area contributed by atoms with Gasteiger partial charge in [-0.3, -0.25) is 0 Å². The van der Waals surface area contributed by atoms with E-state index >= 15 is 0 Å². The molecule has 1 radical (unpaired) electrons. The van der Waals surface area contributed by atoms with Crippen molar-refractivity contribution >= 4 is 0 Å². The maximum absolute atomic E-state index is 7.34. The molecule has 0 amide bonds. The summed E-state index contributed by atoms with van der Waals surface area (Å²) in [7, 11) is 3.74. The molecule has 0 aromatic heterocycles. The van der Waals surface area contributed by atoms with Crippen LogP contribution in [0.2, 0.25) is 0 Å². The molecule has 0 saturated heterocycles. The van der Waals surface area contributed by atoms with E-state index < -0.39 is 0 Å². The number of rotatable bonds is 0. The van der Waals surface area contributed by atoms with Crippen molar-refractivity contribution in [2.45, 2.75) is 0 Å². The van der Waals surface area contributed by atoms with Crippen LogP contribution in [0.15, 0.2) is 0 Å². The van der Waals surface area contributed by atoms with Crippen LogP contribution in [-0.2, 0) is 37.4 Å². The molecule has 0 aliphatic heterocycles. The molecule has 0 aliphatic rings. The Morgan fingerprint density at radius 1 is 1.71 bits per heavy atom. The molecule has 1 N–H and O–H groups in total. The van der Waals surface area contributed by atoms with Crippen LogP contribution in [0.5, 0.6) is 0 Å². The number of ether oxygens (including phenoxy) is 1. The quantitative estimate of drug-likeness (QED) is 0.414. The third-order valence-corrected chi connectivity index (χ3v) is 0.0645. The van der Waals surface area contributed by atoms with E-state index in [1.165, 1.54) is 6.26 Å². The predicted molar refractivity (Wildman–Crippen MR) is 20.2 cm³/mol. The molecule has 0 heterocycles. The fraction of sp³-hybridized carbons (Fsp3) is 0.333. The van der Waals surface area contributed by atoms with E-state index in [9.17, 15) is 0 Å². The molecule has 0 fully saturated rings. The van der Waals surface area contributed by atoms with Crippen LogP contribution in [0.1, 0.15) is 0 Å². The summed E-state index contributed by atoms with van der Waals surface area (Å²) in [6.45, 7) is 0.